The van der Waals surface area contributed by atoms with Crippen LogP contribution in [0.2, 0.25) is 0 Å². The average molecular weight is 379 g/mol. The fourth-order valence-electron chi connectivity index (χ4n) is 2.93. The van der Waals surface area contributed by atoms with Crippen LogP contribution >= 0.6 is 0 Å². The van der Waals surface area contributed by atoms with Crippen molar-refractivity contribution in [2.45, 2.75) is 33.2 Å². The van der Waals surface area contributed by atoms with E-state index in [1.54, 1.807) is 12.1 Å². The van der Waals surface area contributed by atoms with Gasteiger partial charge in [-0.15, -0.1) is 0 Å². The summed E-state index contributed by atoms with van der Waals surface area (Å²) in [6.07, 6.45) is 1.94. The fraction of sp³-hybridized carbons (Fsp3) is 0.318. The molecule has 3 N–H and O–H groups in total. The van der Waals surface area contributed by atoms with Crippen LogP contribution in [0.4, 0.5) is 5.69 Å². The number of hydrogen-bond donors (Lipinski definition) is 3. The maximum atomic E-state index is 12.2. The van der Waals surface area contributed by atoms with Gasteiger partial charge < -0.3 is 16.0 Å². The number of carbonyl (C=O) groups is 3. The van der Waals surface area contributed by atoms with Crippen molar-refractivity contribution in [2.75, 3.05) is 11.9 Å². The molecule has 6 nitrogen and oxygen atoms in total. The van der Waals surface area contributed by atoms with E-state index < -0.39 is 0 Å². The van der Waals surface area contributed by atoms with Gasteiger partial charge >= 0.3 is 0 Å². The van der Waals surface area contributed by atoms with E-state index >= 15 is 0 Å². The minimum Gasteiger partial charge on any atom is -0.350 e. The van der Waals surface area contributed by atoms with Crippen molar-refractivity contribution in [1.29, 1.82) is 0 Å². The zero-order valence-corrected chi connectivity index (χ0v) is 16.2. The highest BCUT2D eigenvalue weighted by molar-refractivity contribution is 5.96. The summed E-state index contributed by atoms with van der Waals surface area (Å²) in [5, 5.41) is 8.29. The molecule has 1 fully saturated rings. The van der Waals surface area contributed by atoms with Gasteiger partial charge in [-0.2, -0.15) is 0 Å². The second-order valence-electron chi connectivity index (χ2n) is 7.30. The van der Waals surface area contributed by atoms with Crippen LogP contribution in [0.3, 0.4) is 0 Å². The van der Waals surface area contributed by atoms with Crippen LogP contribution in [0, 0.1) is 19.8 Å². The highest BCUT2D eigenvalue weighted by Gasteiger charge is 2.29. The van der Waals surface area contributed by atoms with Crippen molar-refractivity contribution in [3.05, 3.63) is 64.7 Å². The van der Waals surface area contributed by atoms with E-state index in [2.05, 4.69) is 16.0 Å². The molecule has 0 spiro atoms. The first-order valence-electron chi connectivity index (χ1n) is 9.44. The molecule has 0 heterocycles. The number of anilines is 1. The maximum absolute atomic E-state index is 12.2. The van der Waals surface area contributed by atoms with Crippen LogP contribution in [0.1, 0.15) is 39.9 Å². The first-order chi connectivity index (χ1) is 13.4. The largest absolute Gasteiger partial charge is 0.350 e. The Bertz CT molecular complexity index is 866. The normalized spacial score (nSPS) is 12.9. The standard InChI is InChI=1S/C22H25N3O3/c1-14-9-15(2)11-18(10-14)21(27)24-13-20(26)23-12-16-3-7-19(8-4-16)25-22(28)17-5-6-17/h3-4,7-11,17H,5-6,12-13H2,1-2H3,(H,23,26)(H,24,27)(H,25,28). The molecule has 0 bridgehead atoms. The van der Waals surface area contributed by atoms with E-state index in [4.69, 9.17) is 0 Å². The summed E-state index contributed by atoms with van der Waals surface area (Å²) < 4.78 is 0. The summed E-state index contributed by atoms with van der Waals surface area (Å²) in [6, 6.07) is 12.9. The topological polar surface area (TPSA) is 87.3 Å². The number of rotatable bonds is 7. The Hall–Kier alpha value is -3.15. The zero-order chi connectivity index (χ0) is 20.1. The minimum absolute atomic E-state index is 0.0700. The predicted molar refractivity (Wildman–Crippen MR) is 108 cm³/mol. The van der Waals surface area contributed by atoms with E-state index in [-0.39, 0.29) is 30.2 Å². The lowest BCUT2D eigenvalue weighted by Gasteiger charge is -2.09. The number of hydrogen-bond acceptors (Lipinski definition) is 3. The van der Waals surface area contributed by atoms with Crippen molar-refractivity contribution in [2.24, 2.45) is 5.92 Å². The van der Waals surface area contributed by atoms with Crippen molar-refractivity contribution in [1.82, 2.24) is 10.6 Å². The van der Waals surface area contributed by atoms with E-state index in [0.29, 0.717) is 12.1 Å². The number of nitrogens with one attached hydrogen (secondary N) is 3. The third-order valence-electron chi connectivity index (χ3n) is 4.55. The Morgan fingerprint density at radius 1 is 0.929 bits per heavy atom. The molecule has 1 saturated carbocycles. The van der Waals surface area contributed by atoms with Gasteiger partial charge in [-0.3, -0.25) is 14.4 Å². The van der Waals surface area contributed by atoms with Gasteiger partial charge in [0.2, 0.25) is 11.8 Å². The number of aryl methyl sites for hydroxylation is 2. The highest BCUT2D eigenvalue weighted by atomic mass is 16.2. The molecule has 3 rings (SSSR count). The second-order valence-corrected chi connectivity index (χ2v) is 7.30. The molecule has 1 aliphatic rings. The first kappa shape index (κ1) is 19.6. The Morgan fingerprint density at radius 3 is 2.18 bits per heavy atom. The number of benzene rings is 2. The molecule has 3 amide bonds. The Labute approximate surface area is 164 Å². The lowest BCUT2D eigenvalue weighted by Crippen LogP contribution is -2.36. The predicted octanol–water partition coefficient (Wildman–Crippen LogP) is 2.70. The monoisotopic (exact) mass is 379 g/mol. The summed E-state index contributed by atoms with van der Waals surface area (Å²) in [4.78, 5) is 35.9. The van der Waals surface area contributed by atoms with Crippen molar-refractivity contribution < 1.29 is 14.4 Å². The molecule has 0 aliphatic heterocycles. The summed E-state index contributed by atoms with van der Waals surface area (Å²) in [5.41, 5.74) is 4.23. The Morgan fingerprint density at radius 2 is 1.57 bits per heavy atom. The van der Waals surface area contributed by atoms with Gasteiger partial charge in [-0.1, -0.05) is 29.3 Å². The van der Waals surface area contributed by atoms with Gasteiger partial charge in [0, 0.05) is 23.7 Å². The smallest absolute Gasteiger partial charge is 0.251 e. The third-order valence-corrected chi connectivity index (χ3v) is 4.55. The first-order valence-corrected chi connectivity index (χ1v) is 9.44. The van der Waals surface area contributed by atoms with Crippen LogP contribution in [0.15, 0.2) is 42.5 Å². The molecule has 2 aromatic rings. The van der Waals surface area contributed by atoms with Gasteiger partial charge in [-0.05, 0) is 56.5 Å². The zero-order valence-electron chi connectivity index (χ0n) is 16.2. The molecule has 1 aliphatic carbocycles. The van der Waals surface area contributed by atoms with Gasteiger partial charge in [0.05, 0.1) is 6.54 Å². The molecular weight excluding hydrogens is 354 g/mol. The molecule has 6 heteroatoms. The van der Waals surface area contributed by atoms with Gasteiger partial charge in [0.1, 0.15) is 0 Å². The van der Waals surface area contributed by atoms with Crippen molar-refractivity contribution in [3.8, 4) is 0 Å². The van der Waals surface area contributed by atoms with Crippen molar-refractivity contribution >= 4 is 23.4 Å². The van der Waals surface area contributed by atoms with E-state index in [9.17, 15) is 14.4 Å². The fourth-order valence-corrected chi connectivity index (χ4v) is 2.93. The Kier molecular flexibility index (Phi) is 6.09. The molecule has 0 aromatic heterocycles. The molecule has 28 heavy (non-hydrogen) atoms. The molecule has 0 radical (unpaired) electrons. The summed E-state index contributed by atoms with van der Waals surface area (Å²) in [5.74, 6) is -0.292. The van der Waals surface area contributed by atoms with Gasteiger partial charge in [0.15, 0.2) is 0 Å². The quantitative estimate of drug-likeness (QED) is 0.691. The second kappa shape index (κ2) is 8.69. The van der Waals surface area contributed by atoms with Crippen molar-refractivity contribution in [3.63, 3.8) is 0 Å². The molecular formula is C22H25N3O3. The minimum atomic E-state index is -0.266. The van der Waals surface area contributed by atoms with Crippen LogP contribution in [-0.2, 0) is 16.1 Å². The summed E-state index contributed by atoms with van der Waals surface area (Å²) >= 11 is 0. The lowest BCUT2D eigenvalue weighted by molar-refractivity contribution is -0.120. The third kappa shape index (κ3) is 5.67. The molecule has 0 unspecified atom stereocenters. The summed E-state index contributed by atoms with van der Waals surface area (Å²) in [7, 11) is 0. The number of amides is 3. The van der Waals surface area contributed by atoms with Crippen LogP contribution in [-0.4, -0.2) is 24.3 Å². The van der Waals surface area contributed by atoms with Gasteiger partial charge in [-0.25, -0.2) is 0 Å². The SMILES string of the molecule is Cc1cc(C)cc(C(=O)NCC(=O)NCc2ccc(NC(=O)C3CC3)cc2)c1. The van der Waals surface area contributed by atoms with Gasteiger partial charge in [0.25, 0.3) is 5.91 Å². The maximum Gasteiger partial charge on any atom is 0.251 e. The number of carbonyl (C=O) groups excluding carboxylic acids is 3. The van der Waals surface area contributed by atoms with Crippen LogP contribution in [0.5, 0.6) is 0 Å². The highest BCUT2D eigenvalue weighted by Crippen LogP contribution is 2.30. The van der Waals surface area contributed by atoms with E-state index in [0.717, 1.165) is 35.2 Å². The molecule has 0 atom stereocenters. The van der Waals surface area contributed by atoms with Crippen LogP contribution in [0.25, 0.3) is 0 Å². The van der Waals surface area contributed by atoms with E-state index in [1.165, 1.54) is 0 Å². The van der Waals surface area contributed by atoms with Crippen LogP contribution < -0.4 is 16.0 Å². The molecule has 146 valence electrons. The molecule has 2 aromatic carbocycles. The van der Waals surface area contributed by atoms with E-state index in [1.807, 2.05) is 44.2 Å². The average Bonchev–Trinajstić information content (AvgIpc) is 3.50. The molecule has 0 saturated heterocycles. The summed E-state index contributed by atoms with van der Waals surface area (Å²) in [6.45, 7) is 4.13. The lowest BCUT2D eigenvalue weighted by atomic mass is 10.1. The Balaban J connectivity index is 1.42.